The molecule has 4 heteroatoms. The van der Waals surface area contributed by atoms with Gasteiger partial charge in [0, 0.05) is 18.0 Å². The van der Waals surface area contributed by atoms with Crippen molar-refractivity contribution < 1.29 is 9.53 Å². The molecule has 1 aromatic heterocycles. The average Bonchev–Trinajstić information content (AvgIpc) is 2.63. The highest BCUT2D eigenvalue weighted by atomic mass is 16.5. The lowest BCUT2D eigenvalue weighted by atomic mass is 10.1. The molecule has 4 nitrogen and oxygen atoms in total. The highest BCUT2D eigenvalue weighted by Crippen LogP contribution is 2.22. The van der Waals surface area contributed by atoms with E-state index in [0.717, 1.165) is 11.3 Å². The molecule has 0 fully saturated rings. The average molecular weight is 318 g/mol. The summed E-state index contributed by atoms with van der Waals surface area (Å²) in [5, 5.41) is 2.98. The summed E-state index contributed by atoms with van der Waals surface area (Å²) in [5.74, 6) is 1.23. The maximum Gasteiger partial charge on any atom is 0.251 e. The number of rotatable bonds is 5. The zero-order chi connectivity index (χ0) is 16.8. The number of benzene rings is 2. The molecule has 0 saturated carbocycles. The SMILES string of the molecule is C[C@@H](NC(=O)c1cccc(Oc2ccccc2)c1)c1ccncc1. The molecule has 3 aromatic rings. The van der Waals surface area contributed by atoms with Gasteiger partial charge in [0.1, 0.15) is 11.5 Å². The lowest BCUT2D eigenvalue weighted by molar-refractivity contribution is 0.0939. The first-order chi connectivity index (χ1) is 11.7. The number of aromatic nitrogens is 1. The zero-order valence-corrected chi connectivity index (χ0v) is 13.3. The third-order valence-corrected chi connectivity index (χ3v) is 3.63. The Morgan fingerprint density at radius 1 is 0.958 bits per heavy atom. The van der Waals surface area contributed by atoms with E-state index in [1.54, 1.807) is 24.5 Å². The first-order valence-electron chi connectivity index (χ1n) is 7.76. The van der Waals surface area contributed by atoms with Crippen molar-refractivity contribution in [3.63, 3.8) is 0 Å². The number of para-hydroxylation sites is 1. The maximum absolute atomic E-state index is 12.5. The van der Waals surface area contributed by atoms with Gasteiger partial charge in [0.25, 0.3) is 5.91 Å². The second-order valence-corrected chi connectivity index (χ2v) is 5.42. The summed E-state index contributed by atoms with van der Waals surface area (Å²) in [4.78, 5) is 16.4. The Morgan fingerprint density at radius 3 is 2.42 bits per heavy atom. The van der Waals surface area contributed by atoms with Crippen LogP contribution in [0, 0.1) is 0 Å². The van der Waals surface area contributed by atoms with Gasteiger partial charge in [-0.25, -0.2) is 0 Å². The monoisotopic (exact) mass is 318 g/mol. The smallest absolute Gasteiger partial charge is 0.251 e. The van der Waals surface area contributed by atoms with Crippen LogP contribution in [0.3, 0.4) is 0 Å². The van der Waals surface area contributed by atoms with Crippen molar-refractivity contribution in [2.75, 3.05) is 0 Å². The molecule has 1 N–H and O–H groups in total. The normalized spacial score (nSPS) is 11.5. The molecule has 0 saturated heterocycles. The second kappa shape index (κ2) is 7.42. The van der Waals surface area contributed by atoms with Gasteiger partial charge in [-0.2, -0.15) is 0 Å². The van der Waals surface area contributed by atoms with Crippen LogP contribution < -0.4 is 10.1 Å². The number of amides is 1. The summed E-state index contributed by atoms with van der Waals surface area (Å²) in [6, 6.07) is 20.3. The van der Waals surface area contributed by atoms with Crippen molar-refractivity contribution in [3.8, 4) is 11.5 Å². The lowest BCUT2D eigenvalue weighted by Crippen LogP contribution is -2.26. The third kappa shape index (κ3) is 3.98. The fraction of sp³-hybridized carbons (Fsp3) is 0.100. The van der Waals surface area contributed by atoms with E-state index in [0.29, 0.717) is 11.3 Å². The van der Waals surface area contributed by atoms with Crippen LogP contribution in [0.5, 0.6) is 11.5 Å². The van der Waals surface area contributed by atoms with Gasteiger partial charge in [0.15, 0.2) is 0 Å². The number of pyridine rings is 1. The highest BCUT2D eigenvalue weighted by molar-refractivity contribution is 5.94. The Bertz CT molecular complexity index is 804. The van der Waals surface area contributed by atoms with Gasteiger partial charge in [-0.1, -0.05) is 24.3 Å². The van der Waals surface area contributed by atoms with E-state index in [9.17, 15) is 4.79 Å². The molecule has 3 rings (SSSR count). The molecule has 0 aliphatic heterocycles. The van der Waals surface area contributed by atoms with E-state index in [1.807, 2.05) is 61.5 Å². The second-order valence-electron chi connectivity index (χ2n) is 5.42. The van der Waals surface area contributed by atoms with Crippen molar-refractivity contribution in [3.05, 3.63) is 90.3 Å². The molecule has 0 aliphatic carbocycles. The molecule has 1 heterocycles. The van der Waals surface area contributed by atoms with E-state index in [4.69, 9.17) is 4.74 Å². The van der Waals surface area contributed by atoms with Gasteiger partial charge in [0.05, 0.1) is 6.04 Å². The Labute approximate surface area is 141 Å². The minimum Gasteiger partial charge on any atom is -0.457 e. The van der Waals surface area contributed by atoms with Gasteiger partial charge in [-0.15, -0.1) is 0 Å². The number of hydrogen-bond donors (Lipinski definition) is 1. The predicted molar refractivity (Wildman–Crippen MR) is 93.1 cm³/mol. The quantitative estimate of drug-likeness (QED) is 0.760. The third-order valence-electron chi connectivity index (χ3n) is 3.63. The van der Waals surface area contributed by atoms with Crippen LogP contribution in [0.15, 0.2) is 79.1 Å². The van der Waals surface area contributed by atoms with Crippen LogP contribution in [0.25, 0.3) is 0 Å². The number of nitrogens with one attached hydrogen (secondary N) is 1. The van der Waals surface area contributed by atoms with Crippen LogP contribution in [-0.4, -0.2) is 10.9 Å². The maximum atomic E-state index is 12.5. The first-order valence-corrected chi connectivity index (χ1v) is 7.76. The summed E-state index contributed by atoms with van der Waals surface area (Å²) in [6.07, 6.45) is 3.43. The van der Waals surface area contributed by atoms with E-state index in [2.05, 4.69) is 10.3 Å². The van der Waals surface area contributed by atoms with Gasteiger partial charge >= 0.3 is 0 Å². The number of ether oxygens (including phenoxy) is 1. The number of hydrogen-bond acceptors (Lipinski definition) is 3. The Kier molecular flexibility index (Phi) is 4.87. The topological polar surface area (TPSA) is 51.2 Å². The van der Waals surface area contributed by atoms with Crippen LogP contribution in [0.2, 0.25) is 0 Å². The summed E-state index contributed by atoms with van der Waals surface area (Å²) in [6.45, 7) is 1.94. The molecular formula is C20H18N2O2. The summed E-state index contributed by atoms with van der Waals surface area (Å²) >= 11 is 0. The molecule has 120 valence electrons. The molecule has 1 atom stereocenters. The molecule has 24 heavy (non-hydrogen) atoms. The molecular weight excluding hydrogens is 300 g/mol. The minimum atomic E-state index is -0.141. The molecule has 1 amide bonds. The zero-order valence-electron chi connectivity index (χ0n) is 13.3. The van der Waals surface area contributed by atoms with E-state index >= 15 is 0 Å². The van der Waals surface area contributed by atoms with E-state index in [1.165, 1.54) is 0 Å². The Hall–Kier alpha value is -3.14. The highest BCUT2D eigenvalue weighted by Gasteiger charge is 2.12. The van der Waals surface area contributed by atoms with Crippen molar-refractivity contribution in [2.24, 2.45) is 0 Å². The standard InChI is InChI=1S/C20H18N2O2/c1-15(16-10-12-21-13-11-16)22-20(23)17-6-5-9-19(14-17)24-18-7-3-2-4-8-18/h2-15H,1H3,(H,22,23)/t15-/m1/s1. The minimum absolute atomic E-state index is 0.0980. The van der Waals surface area contributed by atoms with Crippen LogP contribution in [0.1, 0.15) is 28.9 Å². The largest absolute Gasteiger partial charge is 0.457 e. The molecule has 0 radical (unpaired) electrons. The van der Waals surface area contributed by atoms with Crippen molar-refractivity contribution >= 4 is 5.91 Å². The van der Waals surface area contributed by atoms with Crippen LogP contribution in [0.4, 0.5) is 0 Å². The number of carbonyl (C=O) groups is 1. The van der Waals surface area contributed by atoms with Crippen LogP contribution >= 0.6 is 0 Å². The molecule has 2 aromatic carbocycles. The molecule has 0 spiro atoms. The molecule has 0 unspecified atom stereocenters. The summed E-state index contributed by atoms with van der Waals surface area (Å²) < 4.78 is 5.77. The number of carbonyl (C=O) groups excluding carboxylic acids is 1. The molecule has 0 bridgehead atoms. The number of nitrogens with zero attached hydrogens (tertiary/aromatic N) is 1. The fourth-order valence-corrected chi connectivity index (χ4v) is 2.34. The van der Waals surface area contributed by atoms with Crippen molar-refractivity contribution in [2.45, 2.75) is 13.0 Å². The van der Waals surface area contributed by atoms with Gasteiger partial charge < -0.3 is 10.1 Å². The Balaban J connectivity index is 1.70. The Morgan fingerprint density at radius 2 is 1.67 bits per heavy atom. The predicted octanol–water partition coefficient (Wildman–Crippen LogP) is 4.36. The van der Waals surface area contributed by atoms with Gasteiger partial charge in [0.2, 0.25) is 0 Å². The lowest BCUT2D eigenvalue weighted by Gasteiger charge is -2.14. The fourth-order valence-electron chi connectivity index (χ4n) is 2.34. The first kappa shape index (κ1) is 15.7. The van der Waals surface area contributed by atoms with Crippen molar-refractivity contribution in [1.29, 1.82) is 0 Å². The van der Waals surface area contributed by atoms with E-state index < -0.39 is 0 Å². The molecule has 0 aliphatic rings. The summed E-state index contributed by atoms with van der Waals surface area (Å²) in [7, 11) is 0. The van der Waals surface area contributed by atoms with Crippen LogP contribution in [-0.2, 0) is 0 Å². The van der Waals surface area contributed by atoms with E-state index in [-0.39, 0.29) is 11.9 Å². The van der Waals surface area contributed by atoms with Gasteiger partial charge in [-0.3, -0.25) is 9.78 Å². The van der Waals surface area contributed by atoms with Gasteiger partial charge in [-0.05, 0) is 55.0 Å². The van der Waals surface area contributed by atoms with Crippen molar-refractivity contribution in [1.82, 2.24) is 10.3 Å². The summed E-state index contributed by atoms with van der Waals surface area (Å²) in [5.41, 5.74) is 1.57.